The molecule has 1 aromatic heterocycles. The summed E-state index contributed by atoms with van der Waals surface area (Å²) in [5.74, 6) is 0.640. The van der Waals surface area contributed by atoms with Gasteiger partial charge in [0.05, 0.1) is 21.9 Å². The van der Waals surface area contributed by atoms with Crippen LogP contribution in [0.15, 0.2) is 24.4 Å². The van der Waals surface area contributed by atoms with E-state index in [4.69, 9.17) is 28.9 Å². The molecule has 2 rings (SSSR count). The highest BCUT2D eigenvalue weighted by Crippen LogP contribution is 2.26. The van der Waals surface area contributed by atoms with Crippen molar-refractivity contribution in [2.24, 2.45) is 0 Å². The van der Waals surface area contributed by atoms with Crippen LogP contribution in [0.5, 0.6) is 0 Å². The highest BCUT2D eigenvalue weighted by atomic mass is 35.5. The molecule has 5 heteroatoms. The summed E-state index contributed by atoms with van der Waals surface area (Å²) < 4.78 is 1.65. The minimum Gasteiger partial charge on any atom is -0.383 e. The first-order valence-corrected chi connectivity index (χ1v) is 5.67. The fourth-order valence-electron chi connectivity index (χ4n) is 1.49. The number of halogens is 2. The lowest BCUT2D eigenvalue weighted by Crippen LogP contribution is -2.02. The van der Waals surface area contributed by atoms with Crippen molar-refractivity contribution in [2.45, 2.75) is 13.3 Å². The van der Waals surface area contributed by atoms with Crippen molar-refractivity contribution in [2.75, 3.05) is 5.73 Å². The molecule has 2 aromatic rings. The van der Waals surface area contributed by atoms with Gasteiger partial charge in [0.15, 0.2) is 0 Å². The van der Waals surface area contributed by atoms with Gasteiger partial charge in [-0.25, -0.2) is 4.68 Å². The van der Waals surface area contributed by atoms with E-state index in [1.807, 2.05) is 13.0 Å². The van der Waals surface area contributed by atoms with Crippen LogP contribution >= 0.6 is 23.2 Å². The summed E-state index contributed by atoms with van der Waals surface area (Å²) in [6.45, 7) is 2.03. The topological polar surface area (TPSA) is 43.8 Å². The Balaban J connectivity index is 2.50. The fourth-order valence-corrected chi connectivity index (χ4v) is 1.78. The Morgan fingerprint density at radius 3 is 2.62 bits per heavy atom. The van der Waals surface area contributed by atoms with Gasteiger partial charge >= 0.3 is 0 Å². The lowest BCUT2D eigenvalue weighted by Gasteiger charge is -2.05. The Kier molecular flexibility index (Phi) is 3.08. The third-order valence-corrected chi connectivity index (χ3v) is 3.15. The van der Waals surface area contributed by atoms with E-state index >= 15 is 0 Å². The van der Waals surface area contributed by atoms with Crippen molar-refractivity contribution >= 4 is 29.0 Å². The summed E-state index contributed by atoms with van der Waals surface area (Å²) in [6.07, 6.45) is 2.62. The fraction of sp³-hybridized carbons (Fsp3) is 0.182. The normalized spacial score (nSPS) is 10.7. The van der Waals surface area contributed by atoms with E-state index in [0.717, 1.165) is 17.7 Å². The van der Waals surface area contributed by atoms with Gasteiger partial charge in [0, 0.05) is 5.56 Å². The van der Waals surface area contributed by atoms with Crippen molar-refractivity contribution in [1.29, 1.82) is 0 Å². The minimum absolute atomic E-state index is 0.493. The second-order valence-corrected chi connectivity index (χ2v) is 4.23. The summed E-state index contributed by atoms with van der Waals surface area (Å²) in [7, 11) is 0. The molecule has 0 amide bonds. The van der Waals surface area contributed by atoms with Crippen LogP contribution in [0.3, 0.4) is 0 Å². The zero-order chi connectivity index (χ0) is 11.7. The van der Waals surface area contributed by atoms with Crippen molar-refractivity contribution in [3.63, 3.8) is 0 Å². The molecule has 0 bridgehead atoms. The van der Waals surface area contributed by atoms with Gasteiger partial charge in [-0.2, -0.15) is 5.10 Å². The predicted octanol–water partition coefficient (Wildman–Crippen LogP) is 3.32. The second-order valence-electron chi connectivity index (χ2n) is 3.42. The Hall–Kier alpha value is -1.19. The molecule has 1 heterocycles. The highest BCUT2D eigenvalue weighted by Gasteiger charge is 2.08. The quantitative estimate of drug-likeness (QED) is 0.895. The second kappa shape index (κ2) is 4.36. The summed E-state index contributed by atoms with van der Waals surface area (Å²) in [6, 6.07) is 5.30. The van der Waals surface area contributed by atoms with E-state index in [1.165, 1.54) is 0 Å². The van der Waals surface area contributed by atoms with E-state index in [1.54, 1.807) is 23.0 Å². The summed E-state index contributed by atoms with van der Waals surface area (Å²) in [4.78, 5) is 0. The molecule has 0 atom stereocenters. The van der Waals surface area contributed by atoms with Crippen molar-refractivity contribution < 1.29 is 0 Å². The number of benzene rings is 1. The molecule has 0 unspecified atom stereocenters. The number of nitrogens with zero attached hydrogens (tertiary/aromatic N) is 2. The Morgan fingerprint density at radius 2 is 2.06 bits per heavy atom. The minimum atomic E-state index is 0.493. The Labute approximate surface area is 104 Å². The number of aromatic nitrogens is 2. The summed E-state index contributed by atoms with van der Waals surface area (Å²) in [5.41, 5.74) is 7.79. The van der Waals surface area contributed by atoms with Crippen LogP contribution in [-0.2, 0) is 6.42 Å². The maximum Gasteiger partial charge on any atom is 0.130 e. The van der Waals surface area contributed by atoms with Gasteiger partial charge in [0.25, 0.3) is 0 Å². The van der Waals surface area contributed by atoms with Gasteiger partial charge < -0.3 is 5.73 Å². The van der Waals surface area contributed by atoms with Crippen LogP contribution in [0, 0.1) is 0 Å². The van der Waals surface area contributed by atoms with Gasteiger partial charge in [-0.05, 0) is 24.6 Å². The van der Waals surface area contributed by atoms with Crippen LogP contribution in [0.4, 0.5) is 5.82 Å². The maximum atomic E-state index is 5.96. The van der Waals surface area contributed by atoms with E-state index in [0.29, 0.717) is 15.9 Å². The zero-order valence-electron chi connectivity index (χ0n) is 8.74. The molecule has 0 radical (unpaired) electrons. The smallest absolute Gasteiger partial charge is 0.130 e. The first kappa shape index (κ1) is 11.3. The van der Waals surface area contributed by atoms with Crippen LogP contribution in [0.25, 0.3) is 5.69 Å². The van der Waals surface area contributed by atoms with Crippen molar-refractivity contribution in [3.8, 4) is 5.69 Å². The predicted molar refractivity (Wildman–Crippen MR) is 67.4 cm³/mol. The monoisotopic (exact) mass is 255 g/mol. The first-order chi connectivity index (χ1) is 7.63. The molecule has 0 saturated carbocycles. The highest BCUT2D eigenvalue weighted by molar-refractivity contribution is 6.42. The van der Waals surface area contributed by atoms with Crippen molar-refractivity contribution in [1.82, 2.24) is 9.78 Å². The molecular weight excluding hydrogens is 245 g/mol. The van der Waals surface area contributed by atoms with E-state index in [9.17, 15) is 0 Å². The molecule has 0 aliphatic heterocycles. The lowest BCUT2D eigenvalue weighted by atomic mass is 10.2. The van der Waals surface area contributed by atoms with Crippen LogP contribution < -0.4 is 5.73 Å². The summed E-state index contributed by atoms with van der Waals surface area (Å²) in [5, 5.41) is 5.23. The molecule has 1 aromatic carbocycles. The molecule has 0 aliphatic rings. The van der Waals surface area contributed by atoms with Gasteiger partial charge in [0.1, 0.15) is 5.82 Å². The average Bonchev–Trinajstić information content (AvgIpc) is 2.64. The Morgan fingerprint density at radius 1 is 1.31 bits per heavy atom. The van der Waals surface area contributed by atoms with Crippen LogP contribution in [0.1, 0.15) is 12.5 Å². The van der Waals surface area contributed by atoms with Crippen LogP contribution in [-0.4, -0.2) is 9.78 Å². The van der Waals surface area contributed by atoms with Crippen LogP contribution in [0.2, 0.25) is 10.0 Å². The number of anilines is 1. The molecule has 0 saturated heterocycles. The molecule has 0 aliphatic carbocycles. The van der Waals surface area contributed by atoms with E-state index in [2.05, 4.69) is 5.10 Å². The Bertz CT molecular complexity index is 520. The number of hydrogen-bond acceptors (Lipinski definition) is 2. The standard InChI is InChI=1S/C11H11Cl2N3/c1-2-7-6-15-16(11(7)14)8-3-4-9(12)10(13)5-8/h3-6H,2,14H2,1H3. The number of hydrogen-bond donors (Lipinski definition) is 1. The molecule has 2 N–H and O–H groups in total. The molecule has 0 fully saturated rings. The van der Waals surface area contributed by atoms with Crippen molar-refractivity contribution in [3.05, 3.63) is 40.0 Å². The number of rotatable bonds is 2. The third-order valence-electron chi connectivity index (χ3n) is 2.41. The molecule has 0 spiro atoms. The number of aryl methyl sites for hydroxylation is 1. The molecule has 84 valence electrons. The molecular formula is C11H11Cl2N3. The zero-order valence-corrected chi connectivity index (χ0v) is 10.3. The van der Waals surface area contributed by atoms with E-state index in [-0.39, 0.29) is 0 Å². The molecule has 16 heavy (non-hydrogen) atoms. The van der Waals surface area contributed by atoms with Gasteiger partial charge in [-0.1, -0.05) is 30.1 Å². The molecule has 3 nitrogen and oxygen atoms in total. The number of nitrogens with two attached hydrogens (primary N) is 1. The third kappa shape index (κ3) is 1.88. The lowest BCUT2D eigenvalue weighted by molar-refractivity contribution is 0.891. The van der Waals surface area contributed by atoms with Gasteiger partial charge in [-0.3, -0.25) is 0 Å². The van der Waals surface area contributed by atoms with Gasteiger partial charge in [-0.15, -0.1) is 0 Å². The maximum absolute atomic E-state index is 5.96. The summed E-state index contributed by atoms with van der Waals surface area (Å²) >= 11 is 11.8. The van der Waals surface area contributed by atoms with E-state index < -0.39 is 0 Å². The average molecular weight is 256 g/mol. The van der Waals surface area contributed by atoms with Gasteiger partial charge in [0.2, 0.25) is 0 Å². The largest absolute Gasteiger partial charge is 0.383 e. The first-order valence-electron chi connectivity index (χ1n) is 4.91. The number of nitrogen functional groups attached to an aromatic ring is 1. The SMILES string of the molecule is CCc1cnn(-c2ccc(Cl)c(Cl)c2)c1N.